The van der Waals surface area contributed by atoms with Gasteiger partial charge >= 0.3 is 0 Å². The molecule has 0 aliphatic heterocycles. The van der Waals surface area contributed by atoms with Crippen LogP contribution < -0.4 is 4.74 Å². The van der Waals surface area contributed by atoms with Crippen LogP contribution in [-0.2, 0) is 5.41 Å². The zero-order valence-electron chi connectivity index (χ0n) is 25.7. The number of ether oxygens (including phenoxy) is 1. The average Bonchev–Trinajstić information content (AvgIpc) is 3.71. The molecule has 0 bridgehead atoms. The second kappa shape index (κ2) is 9.78. The summed E-state index contributed by atoms with van der Waals surface area (Å²) in [5, 5.41) is 2.33. The van der Waals surface area contributed by atoms with Crippen molar-refractivity contribution in [3.63, 3.8) is 0 Å². The van der Waals surface area contributed by atoms with Gasteiger partial charge in [-0.25, -0.2) is 15.0 Å². The van der Waals surface area contributed by atoms with Gasteiger partial charge in [0.1, 0.15) is 22.8 Å². The lowest BCUT2D eigenvalue weighted by Gasteiger charge is -2.20. The van der Waals surface area contributed by atoms with E-state index in [1.807, 2.05) is 48.8 Å². The summed E-state index contributed by atoms with van der Waals surface area (Å²) in [6, 6.07) is 39.5. The summed E-state index contributed by atoms with van der Waals surface area (Å²) < 4.78 is 13.1. The maximum absolute atomic E-state index is 6.59. The van der Waals surface area contributed by atoms with Crippen molar-refractivity contribution in [2.45, 2.75) is 26.2 Å². The van der Waals surface area contributed by atoms with Gasteiger partial charge in [0.25, 0.3) is 0 Å². The van der Waals surface area contributed by atoms with E-state index in [-0.39, 0.29) is 5.41 Å². The van der Waals surface area contributed by atoms with Crippen molar-refractivity contribution in [3.05, 3.63) is 133 Å². The van der Waals surface area contributed by atoms with E-state index in [1.165, 1.54) is 10.9 Å². The molecule has 0 atom stereocenters. The van der Waals surface area contributed by atoms with E-state index in [1.54, 1.807) is 0 Å². The van der Waals surface area contributed by atoms with E-state index in [4.69, 9.17) is 14.7 Å². The number of nitrogens with zero attached hydrogens (tertiary/aromatic N) is 6. The summed E-state index contributed by atoms with van der Waals surface area (Å²) in [6.07, 6.45) is 3.72. The number of imidazole rings is 2. The van der Waals surface area contributed by atoms with Crippen LogP contribution >= 0.6 is 0 Å². The smallest absolute Gasteiger partial charge is 0.221 e. The highest BCUT2D eigenvalue weighted by Crippen LogP contribution is 2.36. The SMILES string of the molecule is CC(C)(C)c1ccnc(-n2c3ccccc3c3ccc(Oc4cccc(-n5c6ccccc6n6c7ncccc7nc56)c4)cc32)c1. The zero-order valence-corrected chi connectivity index (χ0v) is 25.7. The molecule has 0 aliphatic carbocycles. The Morgan fingerprint density at radius 1 is 0.587 bits per heavy atom. The summed E-state index contributed by atoms with van der Waals surface area (Å²) in [7, 11) is 0. The van der Waals surface area contributed by atoms with Crippen LogP contribution in [0.15, 0.2) is 128 Å². The highest BCUT2D eigenvalue weighted by molar-refractivity contribution is 6.09. The first-order valence-corrected chi connectivity index (χ1v) is 15.5. The highest BCUT2D eigenvalue weighted by atomic mass is 16.5. The zero-order chi connectivity index (χ0) is 31.0. The van der Waals surface area contributed by atoms with Gasteiger partial charge in [-0.05, 0) is 77.7 Å². The third-order valence-electron chi connectivity index (χ3n) is 8.76. The summed E-state index contributed by atoms with van der Waals surface area (Å²) in [6.45, 7) is 6.68. The van der Waals surface area contributed by atoms with Crippen molar-refractivity contribution in [3.8, 4) is 23.0 Å². The van der Waals surface area contributed by atoms with Crippen LogP contribution in [0.2, 0.25) is 0 Å². The topological polar surface area (TPSA) is 62.2 Å². The van der Waals surface area contributed by atoms with Gasteiger partial charge in [-0.1, -0.05) is 57.2 Å². The van der Waals surface area contributed by atoms with Crippen molar-refractivity contribution in [1.29, 1.82) is 0 Å². The molecule has 46 heavy (non-hydrogen) atoms. The molecule has 9 aromatic rings. The minimum atomic E-state index is 0.00594. The highest BCUT2D eigenvalue weighted by Gasteiger charge is 2.20. The van der Waals surface area contributed by atoms with Crippen molar-refractivity contribution in [2.24, 2.45) is 0 Å². The van der Waals surface area contributed by atoms with Crippen LogP contribution in [0.4, 0.5) is 0 Å². The maximum atomic E-state index is 6.59. The second-order valence-corrected chi connectivity index (χ2v) is 12.7. The van der Waals surface area contributed by atoms with Gasteiger partial charge in [0.05, 0.1) is 27.8 Å². The lowest BCUT2D eigenvalue weighted by atomic mass is 9.88. The predicted octanol–water partition coefficient (Wildman–Crippen LogP) is 9.41. The van der Waals surface area contributed by atoms with Crippen LogP contribution in [-0.4, -0.2) is 28.5 Å². The predicted molar refractivity (Wildman–Crippen MR) is 185 cm³/mol. The van der Waals surface area contributed by atoms with Crippen LogP contribution in [0.5, 0.6) is 11.5 Å². The van der Waals surface area contributed by atoms with E-state index < -0.39 is 0 Å². The van der Waals surface area contributed by atoms with Crippen molar-refractivity contribution in [2.75, 3.05) is 0 Å². The van der Waals surface area contributed by atoms with Crippen LogP contribution in [0.1, 0.15) is 26.3 Å². The molecule has 0 amide bonds. The first-order chi connectivity index (χ1) is 22.4. The van der Waals surface area contributed by atoms with Gasteiger partial charge < -0.3 is 4.74 Å². The molecule has 0 unspecified atom stereocenters. The third-order valence-corrected chi connectivity index (χ3v) is 8.76. The van der Waals surface area contributed by atoms with E-state index >= 15 is 0 Å². The molecule has 0 spiro atoms. The number of rotatable bonds is 4. The Labute approximate surface area is 265 Å². The van der Waals surface area contributed by atoms with E-state index in [0.717, 1.165) is 67.4 Å². The third kappa shape index (κ3) is 4.02. The molecule has 0 saturated heterocycles. The molecule has 9 rings (SSSR count). The lowest BCUT2D eigenvalue weighted by Crippen LogP contribution is -2.12. The van der Waals surface area contributed by atoms with Crippen molar-refractivity contribution in [1.82, 2.24) is 28.5 Å². The Morgan fingerprint density at radius 2 is 1.37 bits per heavy atom. The molecular formula is C39H30N6O. The molecular weight excluding hydrogens is 568 g/mol. The average molecular weight is 599 g/mol. The molecule has 7 nitrogen and oxygen atoms in total. The second-order valence-electron chi connectivity index (χ2n) is 12.7. The van der Waals surface area contributed by atoms with Crippen LogP contribution in [0, 0.1) is 0 Å². The Balaban J connectivity index is 1.17. The number of benzene rings is 4. The Kier molecular flexibility index (Phi) is 5.62. The minimum absolute atomic E-state index is 0.00594. The molecule has 5 aromatic heterocycles. The van der Waals surface area contributed by atoms with Crippen LogP contribution in [0.25, 0.3) is 61.3 Å². The summed E-state index contributed by atoms with van der Waals surface area (Å²) in [5.41, 5.74) is 8.15. The van der Waals surface area contributed by atoms with Crippen molar-refractivity contribution >= 4 is 49.8 Å². The first kappa shape index (κ1) is 26.5. The van der Waals surface area contributed by atoms with Gasteiger partial charge in [-0.3, -0.25) is 13.5 Å². The molecule has 0 saturated carbocycles. The van der Waals surface area contributed by atoms with Gasteiger partial charge in [0.15, 0.2) is 5.65 Å². The monoisotopic (exact) mass is 598 g/mol. The lowest BCUT2D eigenvalue weighted by molar-refractivity contribution is 0.483. The quantitative estimate of drug-likeness (QED) is 0.202. The first-order valence-electron chi connectivity index (χ1n) is 15.5. The molecule has 0 fully saturated rings. The van der Waals surface area contributed by atoms with E-state index in [2.05, 4.69) is 118 Å². The molecule has 0 radical (unpaired) electrons. The number of para-hydroxylation sites is 3. The van der Waals surface area contributed by atoms with E-state index in [0.29, 0.717) is 0 Å². The van der Waals surface area contributed by atoms with Gasteiger partial charge in [0.2, 0.25) is 5.78 Å². The number of hydrogen-bond donors (Lipinski definition) is 0. The van der Waals surface area contributed by atoms with Gasteiger partial charge in [-0.15, -0.1) is 0 Å². The van der Waals surface area contributed by atoms with Gasteiger partial charge in [0, 0.05) is 35.3 Å². The fourth-order valence-electron chi connectivity index (χ4n) is 6.57. The molecule has 7 heteroatoms. The minimum Gasteiger partial charge on any atom is -0.457 e. The molecule has 222 valence electrons. The normalized spacial score (nSPS) is 12.2. The summed E-state index contributed by atoms with van der Waals surface area (Å²) in [4.78, 5) is 14.4. The summed E-state index contributed by atoms with van der Waals surface area (Å²) >= 11 is 0. The maximum Gasteiger partial charge on any atom is 0.221 e. The molecule has 0 N–H and O–H groups in total. The Morgan fingerprint density at radius 3 is 2.24 bits per heavy atom. The van der Waals surface area contributed by atoms with Gasteiger partial charge in [-0.2, -0.15) is 0 Å². The van der Waals surface area contributed by atoms with Crippen LogP contribution in [0.3, 0.4) is 0 Å². The number of aromatic nitrogens is 6. The standard InChI is InChI=1S/C39H30N6O/c1-39(2,3)25-19-21-40-36(22-25)44-32-14-5-4-12-29(32)30-18-17-28(24-35(30)44)46-27-11-8-10-26(23-27)43-33-15-6-7-16-34(33)45-37-31(42-38(43)45)13-9-20-41-37/h4-24H,1-3H3. The fourth-order valence-corrected chi connectivity index (χ4v) is 6.57. The van der Waals surface area contributed by atoms with E-state index in [9.17, 15) is 0 Å². The molecule has 5 heterocycles. The molecule has 0 aliphatic rings. The Hall–Kier alpha value is -5.95. The Bertz CT molecular complexity index is 2620. The summed E-state index contributed by atoms with van der Waals surface area (Å²) in [5.74, 6) is 3.18. The number of fused-ring (bicyclic) bond motifs is 8. The number of hydrogen-bond acceptors (Lipinski definition) is 4. The largest absolute Gasteiger partial charge is 0.457 e. The van der Waals surface area contributed by atoms with Crippen molar-refractivity contribution < 1.29 is 4.74 Å². The molecule has 4 aromatic carbocycles. The number of pyridine rings is 2. The fraction of sp³-hybridized carbons (Fsp3) is 0.103.